The Balaban J connectivity index is 1.90. The molecule has 0 aliphatic carbocycles. The Hall–Kier alpha value is -1.33. The molecule has 12 heteroatoms. The van der Waals surface area contributed by atoms with E-state index in [0.717, 1.165) is 0 Å². The number of H-pyrrole nitrogens is 1. The first-order valence-corrected chi connectivity index (χ1v) is 12.9. The minimum Gasteiger partial charge on any atom is -0.377 e. The topological polar surface area (TPSA) is 149 Å². The van der Waals surface area contributed by atoms with E-state index >= 15 is 0 Å². The molecule has 3 heterocycles. The van der Waals surface area contributed by atoms with Crippen LogP contribution in [0.4, 0.5) is 0 Å². The minimum atomic E-state index is -4.42. The van der Waals surface area contributed by atoms with Gasteiger partial charge < -0.3 is 28.7 Å². The van der Waals surface area contributed by atoms with Crippen molar-refractivity contribution in [3.8, 4) is 0 Å². The van der Waals surface area contributed by atoms with E-state index in [1.54, 1.807) is 34.6 Å². The zero-order chi connectivity index (χ0) is 24.8. The van der Waals surface area contributed by atoms with Gasteiger partial charge in [0, 0.05) is 18.7 Å². The summed E-state index contributed by atoms with van der Waals surface area (Å²) >= 11 is 0. The summed E-state index contributed by atoms with van der Waals surface area (Å²) in [6, 6.07) is 1.21. The molecular weight excluding hydrogens is 455 g/mol. The van der Waals surface area contributed by atoms with Crippen LogP contribution in [0.2, 0.25) is 0 Å². The molecule has 0 bridgehead atoms. The molecule has 2 unspecified atom stereocenters. The highest BCUT2D eigenvalue weighted by atomic mass is 31.2. The molecule has 2 fully saturated rings. The number of nitrogens with one attached hydrogen (secondary N) is 1. The monoisotopic (exact) mass is 490 g/mol. The van der Waals surface area contributed by atoms with Crippen LogP contribution in [-0.2, 0) is 23.3 Å². The lowest BCUT2D eigenvalue weighted by Crippen LogP contribution is -2.40. The summed E-state index contributed by atoms with van der Waals surface area (Å²) in [6.07, 6.45) is -0.822. The van der Waals surface area contributed by atoms with Crippen molar-refractivity contribution in [2.24, 2.45) is 0 Å². The van der Waals surface area contributed by atoms with Crippen molar-refractivity contribution >= 4 is 7.60 Å². The number of rotatable bonds is 9. The van der Waals surface area contributed by atoms with E-state index in [1.807, 2.05) is 6.92 Å². The summed E-state index contributed by atoms with van der Waals surface area (Å²) in [7, 11) is -4.42. The first kappa shape index (κ1) is 26.3. The van der Waals surface area contributed by atoms with Crippen LogP contribution in [0, 0.1) is 0 Å². The van der Waals surface area contributed by atoms with E-state index in [0.29, 0.717) is 6.42 Å². The van der Waals surface area contributed by atoms with Crippen LogP contribution in [0.1, 0.15) is 73.5 Å². The predicted molar refractivity (Wildman–Crippen MR) is 119 cm³/mol. The van der Waals surface area contributed by atoms with E-state index in [1.165, 1.54) is 16.8 Å². The highest BCUT2D eigenvalue weighted by Crippen LogP contribution is 2.60. The molecular formula is C21H35N2O9P. The number of aromatic amines is 1. The molecule has 33 heavy (non-hydrogen) atoms. The fourth-order valence-corrected chi connectivity index (χ4v) is 6.15. The van der Waals surface area contributed by atoms with Crippen LogP contribution in [-0.4, -0.2) is 54.6 Å². The van der Waals surface area contributed by atoms with Gasteiger partial charge in [-0.15, -0.1) is 0 Å². The summed E-state index contributed by atoms with van der Waals surface area (Å²) < 4.78 is 38.2. The summed E-state index contributed by atoms with van der Waals surface area (Å²) in [5, 5.41) is 8.80. The largest absolute Gasteiger partial charge is 0.377 e. The number of hydrogen-bond donors (Lipinski definition) is 3. The molecule has 188 valence electrons. The smallest absolute Gasteiger partial charge is 0.359 e. The molecule has 1 aromatic rings. The van der Waals surface area contributed by atoms with Gasteiger partial charge in [0.15, 0.2) is 17.4 Å². The second-order valence-electron chi connectivity index (χ2n) is 9.46. The Morgan fingerprint density at radius 1 is 1.18 bits per heavy atom. The van der Waals surface area contributed by atoms with Crippen LogP contribution >= 0.6 is 7.60 Å². The second kappa shape index (κ2) is 9.03. The van der Waals surface area contributed by atoms with Gasteiger partial charge in [0.25, 0.3) is 5.56 Å². The Labute approximate surface area is 192 Å². The number of aromatic nitrogens is 2. The van der Waals surface area contributed by atoms with Gasteiger partial charge in [0.2, 0.25) is 0 Å². The molecule has 2 aliphatic heterocycles. The molecule has 3 rings (SSSR count). The lowest BCUT2D eigenvalue weighted by molar-refractivity contribution is -0.202. The van der Waals surface area contributed by atoms with E-state index in [2.05, 4.69) is 4.98 Å². The van der Waals surface area contributed by atoms with E-state index in [-0.39, 0.29) is 19.3 Å². The highest BCUT2D eigenvalue weighted by Gasteiger charge is 2.58. The third-order valence-electron chi connectivity index (χ3n) is 6.63. The lowest BCUT2D eigenvalue weighted by Gasteiger charge is -2.38. The summed E-state index contributed by atoms with van der Waals surface area (Å²) in [4.78, 5) is 36.7. The number of fused-ring (bicyclic) bond motifs is 1. The maximum Gasteiger partial charge on any atom is 0.359 e. The molecule has 0 saturated carbocycles. The van der Waals surface area contributed by atoms with E-state index in [4.69, 9.17) is 18.7 Å². The highest BCUT2D eigenvalue weighted by molar-refractivity contribution is 7.54. The van der Waals surface area contributed by atoms with Gasteiger partial charge in [-0.1, -0.05) is 20.8 Å². The van der Waals surface area contributed by atoms with Crippen LogP contribution in [0.15, 0.2) is 21.9 Å². The number of ether oxygens (including phenoxy) is 3. The predicted octanol–water partition coefficient (Wildman–Crippen LogP) is 2.22. The molecule has 11 nitrogen and oxygen atoms in total. The van der Waals surface area contributed by atoms with Gasteiger partial charge in [-0.05, 0) is 40.0 Å². The normalized spacial score (nSPS) is 30.5. The quantitative estimate of drug-likeness (QED) is 0.443. The van der Waals surface area contributed by atoms with Gasteiger partial charge in [-0.3, -0.25) is 18.9 Å². The number of nitrogens with zero attached hydrogens (tertiary/aromatic N) is 1. The van der Waals surface area contributed by atoms with E-state index in [9.17, 15) is 24.2 Å². The van der Waals surface area contributed by atoms with Crippen LogP contribution in [0.3, 0.4) is 0 Å². The fourth-order valence-electron chi connectivity index (χ4n) is 4.38. The van der Waals surface area contributed by atoms with Crippen molar-refractivity contribution in [1.29, 1.82) is 0 Å². The van der Waals surface area contributed by atoms with Crippen molar-refractivity contribution in [3.63, 3.8) is 0 Å². The van der Waals surface area contributed by atoms with Crippen LogP contribution in [0.5, 0.6) is 0 Å². The molecule has 0 radical (unpaired) electrons. The maximum absolute atomic E-state index is 13.0. The van der Waals surface area contributed by atoms with Gasteiger partial charge in [-0.25, -0.2) is 4.79 Å². The SMILES string of the molecule is CCC(C)(C[C@H]1O[C@@H](n2ccc(=O)[nH]c2=O)[C@@H]2OC(C)(C)O[C@@H]21)OP(=O)(O)C(O)(CC)CC. The Morgan fingerprint density at radius 2 is 1.79 bits per heavy atom. The average Bonchev–Trinajstić information content (AvgIpc) is 3.20. The summed E-state index contributed by atoms with van der Waals surface area (Å²) in [6.45, 7) is 10.2. The molecule has 2 saturated heterocycles. The van der Waals surface area contributed by atoms with Crippen molar-refractivity contribution in [3.05, 3.63) is 33.1 Å². The van der Waals surface area contributed by atoms with Crippen LogP contribution < -0.4 is 11.2 Å². The first-order valence-electron chi connectivity index (χ1n) is 11.3. The Kier molecular flexibility index (Phi) is 7.19. The number of aliphatic hydroxyl groups is 1. The van der Waals surface area contributed by atoms with Crippen molar-refractivity contribution in [1.82, 2.24) is 9.55 Å². The average molecular weight is 490 g/mol. The maximum atomic E-state index is 13.0. The zero-order valence-electron chi connectivity index (χ0n) is 19.9. The molecule has 0 aromatic carbocycles. The fraction of sp³-hybridized carbons (Fsp3) is 0.810. The standard InChI is InChI=1S/C21H35N2O9P/c1-7-20(6,32-33(27,28)21(26,8-2)9-3)12-13-15-16(31-19(4,5)30-15)17(29-13)23-11-10-14(24)22-18(23)25/h10-11,13,15-17,26H,7-9,12H2,1-6H3,(H,27,28)(H,22,24,25)/t13-,15-,16-,17-,20?/m1/s1. The lowest BCUT2D eigenvalue weighted by atomic mass is 9.93. The minimum absolute atomic E-state index is 0.0596. The molecule has 0 spiro atoms. The summed E-state index contributed by atoms with van der Waals surface area (Å²) in [5.41, 5.74) is -2.32. The van der Waals surface area contributed by atoms with Crippen molar-refractivity contribution in [2.75, 3.05) is 0 Å². The van der Waals surface area contributed by atoms with E-state index < -0.39 is 60.1 Å². The first-order chi connectivity index (χ1) is 15.2. The van der Waals surface area contributed by atoms with Gasteiger partial charge in [0.1, 0.15) is 12.2 Å². The molecule has 1 aromatic heterocycles. The van der Waals surface area contributed by atoms with Gasteiger partial charge in [0.05, 0.1) is 11.7 Å². The number of hydrogen-bond acceptors (Lipinski definition) is 8. The molecule has 0 amide bonds. The van der Waals surface area contributed by atoms with Gasteiger partial charge in [-0.2, -0.15) is 0 Å². The molecule has 2 aliphatic rings. The Morgan fingerprint density at radius 3 is 2.33 bits per heavy atom. The van der Waals surface area contributed by atoms with Gasteiger partial charge >= 0.3 is 13.3 Å². The Bertz CT molecular complexity index is 1020. The third kappa shape index (κ3) is 5.05. The second-order valence-corrected chi connectivity index (χ2v) is 11.5. The zero-order valence-corrected chi connectivity index (χ0v) is 20.8. The van der Waals surface area contributed by atoms with Crippen molar-refractivity contribution in [2.45, 2.75) is 108 Å². The molecule has 6 atom stereocenters. The van der Waals surface area contributed by atoms with Crippen molar-refractivity contribution < 1.29 is 33.3 Å². The molecule has 3 N–H and O–H groups in total. The third-order valence-corrected chi connectivity index (χ3v) is 9.01. The summed E-state index contributed by atoms with van der Waals surface area (Å²) in [5.74, 6) is -0.943. The van der Waals surface area contributed by atoms with Crippen LogP contribution in [0.25, 0.3) is 0 Å².